The van der Waals surface area contributed by atoms with Crippen molar-refractivity contribution in [1.82, 2.24) is 15.5 Å². The molecule has 6 nitrogen and oxygen atoms in total. The standard InChI is InChI=1S/C32H33FN6/c1-20-16-28(38-37-20)21(2)36-32(4,5)31-35-30(22(3)34-19-23-12-14-26(33)15-13-23)27-17-25(18-29(27)39(31)6)24-10-8-7-9-11-24/h7-15,34,36H,2-3,16-17,19H2,1,4-6H3. The summed E-state index contributed by atoms with van der Waals surface area (Å²) in [5.74, 6) is 0.550. The first-order chi connectivity index (χ1) is 18.6. The maximum atomic E-state index is 13.4. The molecule has 0 amide bonds. The fourth-order valence-corrected chi connectivity index (χ4v) is 5.01. The van der Waals surface area contributed by atoms with Crippen molar-refractivity contribution in [1.29, 1.82) is 0 Å². The van der Waals surface area contributed by atoms with E-state index in [-0.39, 0.29) is 5.82 Å². The summed E-state index contributed by atoms with van der Waals surface area (Å²) in [7, 11) is 2.02. The highest BCUT2D eigenvalue weighted by molar-refractivity contribution is 6.14. The maximum Gasteiger partial charge on any atom is 0.135 e. The van der Waals surface area contributed by atoms with Crippen LogP contribution in [0.15, 0.2) is 117 Å². The van der Waals surface area contributed by atoms with Gasteiger partial charge in [-0.1, -0.05) is 61.4 Å². The van der Waals surface area contributed by atoms with Crippen LogP contribution < -0.4 is 10.6 Å². The number of nitrogens with one attached hydrogen (secondary N) is 2. The average molecular weight is 521 g/mol. The Labute approximate surface area is 229 Å². The number of hydrogen-bond acceptors (Lipinski definition) is 6. The molecule has 0 atom stereocenters. The van der Waals surface area contributed by atoms with E-state index in [0.717, 1.165) is 56.6 Å². The van der Waals surface area contributed by atoms with E-state index in [0.29, 0.717) is 25.1 Å². The molecule has 7 heteroatoms. The Kier molecular flexibility index (Phi) is 6.94. The lowest BCUT2D eigenvalue weighted by atomic mass is 9.95. The lowest BCUT2D eigenvalue weighted by Gasteiger charge is -2.39. The molecule has 2 aromatic carbocycles. The van der Waals surface area contributed by atoms with Gasteiger partial charge in [0.1, 0.15) is 11.7 Å². The number of halogens is 1. The van der Waals surface area contributed by atoms with E-state index in [1.54, 1.807) is 12.1 Å². The molecular weight excluding hydrogens is 487 g/mol. The summed E-state index contributed by atoms with van der Waals surface area (Å²) in [4.78, 5) is 7.28. The second-order valence-electron chi connectivity index (χ2n) is 10.6. The Morgan fingerprint density at radius 1 is 1.03 bits per heavy atom. The van der Waals surface area contributed by atoms with Gasteiger partial charge in [0.05, 0.1) is 34.0 Å². The Hall–Kier alpha value is -4.48. The zero-order valence-electron chi connectivity index (χ0n) is 22.9. The molecule has 2 N–H and O–H groups in total. The molecule has 2 aromatic rings. The van der Waals surface area contributed by atoms with E-state index in [1.165, 1.54) is 12.1 Å². The van der Waals surface area contributed by atoms with E-state index >= 15 is 0 Å². The van der Waals surface area contributed by atoms with Crippen LogP contribution in [0.4, 0.5) is 4.39 Å². The summed E-state index contributed by atoms with van der Waals surface area (Å²) in [5.41, 5.74) is 12.3. The molecule has 0 saturated carbocycles. The molecule has 0 radical (unpaired) electrons. The van der Waals surface area contributed by atoms with Crippen molar-refractivity contribution < 1.29 is 4.39 Å². The van der Waals surface area contributed by atoms with E-state index in [4.69, 9.17) is 4.99 Å². The van der Waals surface area contributed by atoms with Gasteiger partial charge in [-0.05, 0) is 44.0 Å². The minimum absolute atomic E-state index is 0.256. The Bertz CT molecular complexity index is 1530. The summed E-state index contributed by atoms with van der Waals surface area (Å²) in [6.07, 6.45) is 1.37. The predicted octanol–water partition coefficient (Wildman–Crippen LogP) is 6.10. The van der Waals surface area contributed by atoms with Gasteiger partial charge in [-0.3, -0.25) is 0 Å². The van der Waals surface area contributed by atoms with Crippen molar-refractivity contribution in [3.8, 4) is 0 Å². The monoisotopic (exact) mass is 520 g/mol. The van der Waals surface area contributed by atoms with Gasteiger partial charge in [0, 0.05) is 43.3 Å². The highest BCUT2D eigenvalue weighted by Crippen LogP contribution is 2.40. The number of hydrogen-bond donors (Lipinski definition) is 2. The number of nitrogens with zero attached hydrogens (tertiary/aromatic N) is 4. The molecule has 0 fully saturated rings. The minimum atomic E-state index is -0.594. The summed E-state index contributed by atoms with van der Waals surface area (Å²) >= 11 is 0. The van der Waals surface area contributed by atoms with E-state index in [1.807, 2.05) is 32.2 Å². The summed E-state index contributed by atoms with van der Waals surface area (Å²) in [6, 6.07) is 16.8. The molecule has 1 aliphatic carbocycles. The first kappa shape index (κ1) is 26.1. The zero-order valence-corrected chi connectivity index (χ0v) is 22.9. The van der Waals surface area contributed by atoms with Gasteiger partial charge < -0.3 is 15.5 Å². The number of rotatable bonds is 9. The summed E-state index contributed by atoms with van der Waals surface area (Å²) in [5, 5.41) is 15.4. The molecule has 0 saturated heterocycles. The Morgan fingerprint density at radius 2 is 1.74 bits per heavy atom. The maximum absolute atomic E-state index is 13.4. The van der Waals surface area contributed by atoms with Crippen molar-refractivity contribution >= 4 is 22.8 Å². The molecule has 0 bridgehead atoms. The van der Waals surface area contributed by atoms with Crippen LogP contribution in [0, 0.1) is 5.82 Å². The van der Waals surface area contributed by atoms with Crippen LogP contribution in [0.1, 0.15) is 44.7 Å². The van der Waals surface area contributed by atoms with Crippen molar-refractivity contribution in [3.63, 3.8) is 0 Å². The smallest absolute Gasteiger partial charge is 0.135 e. The number of fused-ring (bicyclic) bond motifs is 1. The van der Waals surface area contributed by atoms with Gasteiger partial charge in [0.15, 0.2) is 0 Å². The molecular formula is C32H33FN6. The Balaban J connectivity index is 1.48. The Morgan fingerprint density at radius 3 is 2.41 bits per heavy atom. The molecule has 198 valence electrons. The fraction of sp³-hybridized carbons (Fsp3) is 0.250. The van der Waals surface area contributed by atoms with Crippen molar-refractivity contribution in [2.75, 3.05) is 7.05 Å². The molecule has 5 rings (SSSR count). The van der Waals surface area contributed by atoms with Crippen LogP contribution in [0.2, 0.25) is 0 Å². The second-order valence-corrected chi connectivity index (χ2v) is 10.6. The third-order valence-corrected chi connectivity index (χ3v) is 7.03. The van der Waals surface area contributed by atoms with Crippen LogP contribution in [0.5, 0.6) is 0 Å². The molecule has 0 aromatic heterocycles. The topological polar surface area (TPSA) is 64.4 Å². The normalized spacial score (nSPS) is 16.6. The van der Waals surface area contributed by atoms with Crippen molar-refractivity contribution in [2.24, 2.45) is 15.2 Å². The number of amidine groups is 1. The number of benzene rings is 2. The van der Waals surface area contributed by atoms with E-state index in [2.05, 4.69) is 70.6 Å². The minimum Gasteiger partial charge on any atom is -0.380 e. The van der Waals surface area contributed by atoms with E-state index < -0.39 is 5.54 Å². The van der Waals surface area contributed by atoms with Crippen LogP contribution in [0.25, 0.3) is 5.57 Å². The average Bonchev–Trinajstić information content (AvgIpc) is 3.56. The first-order valence-electron chi connectivity index (χ1n) is 13.0. The van der Waals surface area contributed by atoms with Gasteiger partial charge in [-0.2, -0.15) is 10.2 Å². The van der Waals surface area contributed by atoms with Crippen LogP contribution in [-0.2, 0) is 6.54 Å². The van der Waals surface area contributed by atoms with Gasteiger partial charge in [-0.15, -0.1) is 0 Å². The van der Waals surface area contributed by atoms with Crippen molar-refractivity contribution in [3.05, 3.63) is 119 Å². The van der Waals surface area contributed by atoms with Crippen molar-refractivity contribution in [2.45, 2.75) is 45.7 Å². The molecule has 0 unspecified atom stereocenters. The lowest BCUT2D eigenvalue weighted by Crippen LogP contribution is -2.54. The highest BCUT2D eigenvalue weighted by Gasteiger charge is 2.37. The SMILES string of the molecule is C=C(NC(C)(C)C1=NC(C(=C)NCc2ccc(F)cc2)=C2CC(c3ccccc3)=C=C2N1C)C1=NN=C(C)C1. The lowest BCUT2D eigenvalue weighted by molar-refractivity contribution is 0.489. The first-order valence-corrected chi connectivity index (χ1v) is 13.0. The largest absolute Gasteiger partial charge is 0.380 e. The van der Waals surface area contributed by atoms with E-state index in [9.17, 15) is 4.39 Å². The molecule has 0 spiro atoms. The number of aliphatic imine (C=N–C) groups is 1. The molecule has 39 heavy (non-hydrogen) atoms. The molecule has 2 heterocycles. The summed E-state index contributed by atoms with van der Waals surface area (Å²) < 4.78 is 13.4. The van der Waals surface area contributed by atoms with Crippen LogP contribution >= 0.6 is 0 Å². The molecule has 2 aliphatic heterocycles. The fourth-order valence-electron chi connectivity index (χ4n) is 5.01. The zero-order chi connectivity index (χ0) is 27.7. The van der Waals surface area contributed by atoms with Gasteiger partial charge in [0.2, 0.25) is 0 Å². The number of likely N-dealkylation sites (N-methyl/N-ethyl adjacent to an activating group) is 1. The number of allylic oxidation sites excluding steroid dienone is 2. The third kappa shape index (κ3) is 5.40. The van der Waals surface area contributed by atoms with Gasteiger partial charge in [-0.25, -0.2) is 9.38 Å². The molecule has 3 aliphatic rings. The predicted molar refractivity (Wildman–Crippen MR) is 158 cm³/mol. The highest BCUT2D eigenvalue weighted by atomic mass is 19.1. The van der Waals surface area contributed by atoms with Gasteiger partial charge >= 0.3 is 0 Å². The second kappa shape index (κ2) is 10.4. The van der Waals surface area contributed by atoms with Gasteiger partial charge in [0.25, 0.3) is 0 Å². The van der Waals surface area contributed by atoms with Crippen LogP contribution in [0.3, 0.4) is 0 Å². The quantitative estimate of drug-likeness (QED) is 0.393. The van der Waals surface area contributed by atoms with Crippen LogP contribution in [-0.4, -0.2) is 34.7 Å². The third-order valence-electron chi connectivity index (χ3n) is 7.03. The summed E-state index contributed by atoms with van der Waals surface area (Å²) in [6.45, 7) is 15.2.